The zero-order valence-corrected chi connectivity index (χ0v) is 22.1. The fourth-order valence-electron chi connectivity index (χ4n) is 3.70. The Kier molecular flexibility index (Phi) is 8.56. The van der Waals surface area contributed by atoms with E-state index in [1.54, 1.807) is 6.08 Å². The molecule has 0 aliphatic carbocycles. The molecule has 1 saturated heterocycles. The molecule has 37 heavy (non-hydrogen) atoms. The molecule has 0 saturated carbocycles. The van der Waals surface area contributed by atoms with Gasteiger partial charge in [0.25, 0.3) is 11.1 Å². The Balaban J connectivity index is 1.31. The van der Waals surface area contributed by atoms with Crippen molar-refractivity contribution in [3.63, 3.8) is 0 Å². The van der Waals surface area contributed by atoms with Crippen LogP contribution in [0.5, 0.6) is 17.2 Å². The van der Waals surface area contributed by atoms with E-state index in [1.807, 2.05) is 66.7 Å². The molecule has 0 aromatic heterocycles. The third-order valence-electron chi connectivity index (χ3n) is 5.74. The molecule has 0 bridgehead atoms. The second-order valence-electron chi connectivity index (χ2n) is 9.50. The normalized spacial score (nSPS) is 14.8. The summed E-state index contributed by atoms with van der Waals surface area (Å²) in [5.74, 6) is 1.77. The number of amides is 2. The van der Waals surface area contributed by atoms with Crippen LogP contribution in [0.4, 0.5) is 4.79 Å². The van der Waals surface area contributed by atoms with E-state index in [-0.39, 0.29) is 29.7 Å². The maximum Gasteiger partial charge on any atom is 0.293 e. The Hall–Kier alpha value is -3.71. The Bertz CT molecular complexity index is 1250. The molecule has 0 N–H and O–H groups in total. The first kappa shape index (κ1) is 26.4. The number of ether oxygens (including phenoxy) is 3. The smallest absolute Gasteiger partial charge is 0.293 e. The minimum atomic E-state index is -0.330. The summed E-state index contributed by atoms with van der Waals surface area (Å²) in [6, 6.07) is 24.8. The lowest BCUT2D eigenvalue weighted by Gasteiger charge is -2.19. The van der Waals surface area contributed by atoms with Crippen molar-refractivity contribution in [1.82, 2.24) is 4.90 Å². The van der Waals surface area contributed by atoms with E-state index in [0.29, 0.717) is 29.6 Å². The average molecular weight is 518 g/mol. The van der Waals surface area contributed by atoms with Crippen LogP contribution in [0.25, 0.3) is 6.08 Å². The maximum atomic E-state index is 12.9. The number of carbonyl (C=O) groups excluding carboxylic acids is 2. The van der Waals surface area contributed by atoms with Crippen molar-refractivity contribution >= 4 is 29.0 Å². The van der Waals surface area contributed by atoms with Crippen molar-refractivity contribution in [3.8, 4) is 17.2 Å². The topological polar surface area (TPSA) is 65.1 Å². The molecular formula is C30H31NO5S. The molecule has 1 aliphatic rings. The first-order valence-electron chi connectivity index (χ1n) is 12.2. The van der Waals surface area contributed by atoms with Crippen LogP contribution < -0.4 is 14.2 Å². The van der Waals surface area contributed by atoms with Gasteiger partial charge in [-0.05, 0) is 59.1 Å². The molecule has 1 aliphatic heterocycles. The number of hydrogen-bond donors (Lipinski definition) is 0. The molecule has 0 radical (unpaired) electrons. The SMILES string of the molecule is CC(C)(C)c1ccc(OCCOc2ccccc2/C=C2\SC(=O)N(CCOc3ccccc3)C2=O)cc1. The zero-order chi connectivity index (χ0) is 26.3. The second-order valence-corrected chi connectivity index (χ2v) is 10.5. The predicted octanol–water partition coefficient (Wildman–Crippen LogP) is 6.56. The highest BCUT2D eigenvalue weighted by Gasteiger charge is 2.35. The highest BCUT2D eigenvalue weighted by molar-refractivity contribution is 8.18. The van der Waals surface area contributed by atoms with Crippen LogP contribution in [0, 0.1) is 0 Å². The first-order chi connectivity index (χ1) is 17.8. The van der Waals surface area contributed by atoms with Gasteiger partial charge in [0.1, 0.15) is 37.1 Å². The van der Waals surface area contributed by atoms with Crippen LogP contribution in [-0.2, 0) is 10.2 Å². The molecule has 6 nitrogen and oxygen atoms in total. The average Bonchev–Trinajstić information content (AvgIpc) is 3.15. The van der Waals surface area contributed by atoms with Gasteiger partial charge in [0.15, 0.2) is 0 Å². The summed E-state index contributed by atoms with van der Waals surface area (Å²) < 4.78 is 17.4. The van der Waals surface area contributed by atoms with Crippen molar-refractivity contribution in [2.75, 3.05) is 26.4 Å². The molecule has 4 rings (SSSR count). The van der Waals surface area contributed by atoms with Gasteiger partial charge in [0.05, 0.1) is 11.4 Å². The fourth-order valence-corrected chi connectivity index (χ4v) is 4.55. The zero-order valence-electron chi connectivity index (χ0n) is 21.3. The molecule has 3 aromatic carbocycles. The van der Waals surface area contributed by atoms with E-state index in [1.165, 1.54) is 10.5 Å². The van der Waals surface area contributed by atoms with Gasteiger partial charge >= 0.3 is 0 Å². The number of para-hydroxylation sites is 2. The summed E-state index contributed by atoms with van der Waals surface area (Å²) >= 11 is 0.923. The molecule has 3 aromatic rings. The van der Waals surface area contributed by atoms with E-state index in [0.717, 1.165) is 23.1 Å². The minimum absolute atomic E-state index is 0.0937. The van der Waals surface area contributed by atoms with Crippen molar-refractivity contribution in [2.45, 2.75) is 26.2 Å². The second kappa shape index (κ2) is 12.0. The molecule has 0 unspecified atom stereocenters. The van der Waals surface area contributed by atoms with Crippen molar-refractivity contribution in [3.05, 3.63) is 94.9 Å². The summed E-state index contributed by atoms with van der Waals surface area (Å²) in [6.07, 6.45) is 1.70. The van der Waals surface area contributed by atoms with Crippen molar-refractivity contribution < 1.29 is 23.8 Å². The lowest BCUT2D eigenvalue weighted by molar-refractivity contribution is -0.123. The lowest BCUT2D eigenvalue weighted by atomic mass is 9.87. The van der Waals surface area contributed by atoms with Crippen LogP contribution >= 0.6 is 11.8 Å². The van der Waals surface area contributed by atoms with Crippen LogP contribution in [0.3, 0.4) is 0 Å². The quantitative estimate of drug-likeness (QED) is 0.224. The third-order valence-corrected chi connectivity index (χ3v) is 6.64. The largest absolute Gasteiger partial charge is 0.492 e. The van der Waals surface area contributed by atoms with Gasteiger partial charge in [-0.25, -0.2) is 0 Å². The number of nitrogens with zero attached hydrogens (tertiary/aromatic N) is 1. The summed E-state index contributed by atoms with van der Waals surface area (Å²) in [4.78, 5) is 26.9. The van der Waals surface area contributed by atoms with Gasteiger partial charge in [0.2, 0.25) is 0 Å². The highest BCUT2D eigenvalue weighted by atomic mass is 32.2. The van der Waals surface area contributed by atoms with Crippen molar-refractivity contribution in [1.29, 1.82) is 0 Å². The van der Waals surface area contributed by atoms with E-state index in [9.17, 15) is 9.59 Å². The Morgan fingerprint density at radius 1 is 0.757 bits per heavy atom. The summed E-state index contributed by atoms with van der Waals surface area (Å²) in [5, 5.41) is -0.308. The Morgan fingerprint density at radius 3 is 2.11 bits per heavy atom. The van der Waals surface area contributed by atoms with Crippen LogP contribution in [0.1, 0.15) is 31.9 Å². The molecular weight excluding hydrogens is 486 g/mol. The van der Waals surface area contributed by atoms with Gasteiger partial charge in [-0.1, -0.05) is 69.3 Å². The molecule has 1 fully saturated rings. The van der Waals surface area contributed by atoms with E-state index >= 15 is 0 Å². The fraction of sp³-hybridized carbons (Fsp3) is 0.267. The van der Waals surface area contributed by atoms with Crippen molar-refractivity contribution in [2.24, 2.45) is 0 Å². The number of imide groups is 1. The van der Waals surface area contributed by atoms with Crippen LogP contribution in [0.2, 0.25) is 0 Å². The summed E-state index contributed by atoms with van der Waals surface area (Å²) in [6.45, 7) is 7.65. The number of rotatable bonds is 10. The van der Waals surface area contributed by atoms with E-state index in [2.05, 4.69) is 32.9 Å². The number of hydrogen-bond acceptors (Lipinski definition) is 6. The highest BCUT2D eigenvalue weighted by Crippen LogP contribution is 2.34. The molecule has 2 amide bonds. The van der Waals surface area contributed by atoms with Gasteiger partial charge < -0.3 is 14.2 Å². The number of benzene rings is 3. The molecule has 7 heteroatoms. The van der Waals surface area contributed by atoms with Gasteiger partial charge in [-0.15, -0.1) is 0 Å². The molecule has 192 valence electrons. The Morgan fingerprint density at radius 2 is 1.38 bits per heavy atom. The Labute approximate surface area is 222 Å². The minimum Gasteiger partial charge on any atom is -0.492 e. The summed E-state index contributed by atoms with van der Waals surface area (Å²) in [5.41, 5.74) is 2.07. The maximum absolute atomic E-state index is 12.9. The van der Waals surface area contributed by atoms with Crippen LogP contribution in [-0.4, -0.2) is 42.4 Å². The number of carbonyl (C=O) groups is 2. The van der Waals surface area contributed by atoms with Gasteiger partial charge in [0, 0.05) is 5.56 Å². The van der Waals surface area contributed by atoms with E-state index < -0.39 is 0 Å². The lowest BCUT2D eigenvalue weighted by Crippen LogP contribution is -2.32. The molecule has 1 heterocycles. The first-order valence-corrected chi connectivity index (χ1v) is 13.0. The monoisotopic (exact) mass is 517 g/mol. The summed E-state index contributed by atoms with van der Waals surface area (Å²) in [7, 11) is 0. The van der Waals surface area contributed by atoms with Gasteiger partial charge in [-0.3, -0.25) is 14.5 Å². The van der Waals surface area contributed by atoms with Gasteiger partial charge in [-0.2, -0.15) is 0 Å². The standard InChI is InChI=1S/C30H31NO5S/c1-30(2,3)23-13-15-25(16-14-23)35-19-20-36-26-12-8-7-9-22(26)21-27-28(32)31(29(33)37-27)17-18-34-24-10-5-4-6-11-24/h4-16,21H,17-20H2,1-3H3/b27-21-. The van der Waals surface area contributed by atoms with E-state index in [4.69, 9.17) is 14.2 Å². The number of thioether (sulfide) groups is 1. The molecule has 0 atom stereocenters. The van der Waals surface area contributed by atoms with Crippen LogP contribution in [0.15, 0.2) is 83.8 Å². The molecule has 0 spiro atoms. The third kappa shape index (κ3) is 7.17. The predicted molar refractivity (Wildman–Crippen MR) is 147 cm³/mol.